The van der Waals surface area contributed by atoms with Crippen LogP contribution in [0.15, 0.2) is 23.3 Å². The minimum absolute atomic E-state index is 0.0493. The van der Waals surface area contributed by atoms with E-state index in [0.29, 0.717) is 11.6 Å². The van der Waals surface area contributed by atoms with Crippen LogP contribution in [0.3, 0.4) is 0 Å². The summed E-state index contributed by atoms with van der Waals surface area (Å²) in [6, 6.07) is 5.01. The van der Waals surface area contributed by atoms with E-state index in [1.54, 1.807) is 18.2 Å². The van der Waals surface area contributed by atoms with Crippen LogP contribution in [0, 0.1) is 0 Å². The molecule has 94 valence electrons. The third-order valence-electron chi connectivity index (χ3n) is 2.92. The molecule has 2 heterocycles. The Morgan fingerprint density at radius 3 is 3.11 bits per heavy atom. The van der Waals surface area contributed by atoms with Crippen molar-refractivity contribution in [2.45, 2.75) is 11.3 Å². The number of amides is 1. The van der Waals surface area contributed by atoms with Crippen LogP contribution in [0.2, 0.25) is 0 Å². The molecule has 0 spiro atoms. The first-order valence-corrected chi connectivity index (χ1v) is 6.24. The number of hydrazone groups is 1. The van der Waals surface area contributed by atoms with E-state index in [1.807, 2.05) is 0 Å². The minimum atomic E-state index is -0.0987. The van der Waals surface area contributed by atoms with Gasteiger partial charge < -0.3 is 15.2 Å². The molecule has 1 fully saturated rings. The molecule has 0 aliphatic carbocycles. The van der Waals surface area contributed by atoms with Crippen molar-refractivity contribution < 1.29 is 14.6 Å². The maximum Gasteiger partial charge on any atom is 0.285 e. The molecule has 0 saturated carbocycles. The lowest BCUT2D eigenvalue weighted by atomic mass is 10.0. The summed E-state index contributed by atoms with van der Waals surface area (Å²) in [6.45, 7) is 0. The summed E-state index contributed by atoms with van der Waals surface area (Å²) in [7, 11) is 1.50. The molecule has 18 heavy (non-hydrogen) atoms. The first kappa shape index (κ1) is 11.2. The molecule has 7 heteroatoms. The van der Waals surface area contributed by atoms with E-state index in [4.69, 9.17) is 4.74 Å². The fourth-order valence-corrected chi connectivity index (χ4v) is 3.01. The molecule has 2 aliphatic heterocycles. The van der Waals surface area contributed by atoms with Crippen molar-refractivity contribution in [3.05, 3.63) is 23.8 Å². The highest BCUT2D eigenvalue weighted by Crippen LogP contribution is 2.37. The number of methoxy groups -OCH3 is 1. The van der Waals surface area contributed by atoms with Crippen LogP contribution in [-0.2, 0) is 0 Å². The number of phenols is 1. The predicted molar refractivity (Wildman–Crippen MR) is 67.9 cm³/mol. The van der Waals surface area contributed by atoms with Gasteiger partial charge in [0, 0.05) is 0 Å². The van der Waals surface area contributed by atoms with Crippen LogP contribution >= 0.6 is 11.8 Å². The number of amidine groups is 1. The fourth-order valence-electron chi connectivity index (χ4n) is 2.04. The van der Waals surface area contributed by atoms with Crippen molar-refractivity contribution >= 4 is 22.8 Å². The number of rotatable bonds is 2. The van der Waals surface area contributed by atoms with Gasteiger partial charge in [-0.2, -0.15) is 5.10 Å². The first-order chi connectivity index (χ1) is 8.69. The van der Waals surface area contributed by atoms with E-state index in [1.165, 1.54) is 18.9 Å². The third kappa shape index (κ3) is 1.67. The maximum atomic E-state index is 11.3. The second-order valence-electron chi connectivity index (χ2n) is 3.99. The molecule has 2 atom stereocenters. The Balaban J connectivity index is 1.90. The van der Waals surface area contributed by atoms with Gasteiger partial charge in [0.05, 0.1) is 18.4 Å². The first-order valence-electron chi connectivity index (χ1n) is 5.36. The van der Waals surface area contributed by atoms with E-state index < -0.39 is 0 Å². The van der Waals surface area contributed by atoms with Gasteiger partial charge in [-0.3, -0.25) is 10.2 Å². The number of carbonyl (C=O) groups excluding carboxylic acids is 1. The standard InChI is InChI=1S/C11H11N3O3S/c1-17-7-4-5(2-3-6(7)15)8-9-10(14-13-8)12-11(16)18-9/h2-4,8-9,13,15H,1H3,(H,12,14,16)/t8-,9+/m0/s1. The molecule has 0 unspecified atom stereocenters. The summed E-state index contributed by atoms with van der Waals surface area (Å²) >= 11 is 1.21. The van der Waals surface area contributed by atoms with Crippen LogP contribution < -0.4 is 15.5 Å². The van der Waals surface area contributed by atoms with Crippen LogP contribution in [-0.4, -0.2) is 28.5 Å². The Kier molecular flexibility index (Phi) is 2.55. The maximum absolute atomic E-state index is 11.3. The van der Waals surface area contributed by atoms with E-state index in [-0.39, 0.29) is 22.3 Å². The van der Waals surface area contributed by atoms with Crippen molar-refractivity contribution in [3.63, 3.8) is 0 Å². The summed E-state index contributed by atoms with van der Waals surface area (Å²) in [5, 5.41) is 16.2. The average molecular weight is 265 g/mol. The number of phenolic OH excluding ortho intramolecular Hbond substituents is 1. The molecule has 3 rings (SSSR count). The SMILES string of the molecule is COc1cc([C@@H]2NN=C3NC(=O)S[C@@H]32)ccc1O. The highest BCUT2D eigenvalue weighted by Gasteiger charge is 2.41. The molecule has 1 aromatic carbocycles. The predicted octanol–water partition coefficient (Wildman–Crippen LogP) is 1.18. The van der Waals surface area contributed by atoms with Crippen LogP contribution in [0.25, 0.3) is 0 Å². The Hall–Kier alpha value is -1.89. The number of hydrogen-bond donors (Lipinski definition) is 3. The van der Waals surface area contributed by atoms with E-state index in [9.17, 15) is 9.90 Å². The summed E-state index contributed by atoms with van der Waals surface area (Å²) < 4.78 is 5.07. The van der Waals surface area contributed by atoms with Gasteiger partial charge in [0.15, 0.2) is 11.5 Å². The topological polar surface area (TPSA) is 83.0 Å². The van der Waals surface area contributed by atoms with Crippen molar-refractivity contribution in [1.82, 2.24) is 10.7 Å². The van der Waals surface area contributed by atoms with Gasteiger partial charge in [-0.1, -0.05) is 17.8 Å². The number of ether oxygens (including phenoxy) is 1. The Labute approximate surface area is 107 Å². The zero-order chi connectivity index (χ0) is 12.7. The van der Waals surface area contributed by atoms with Crippen molar-refractivity contribution in [2.24, 2.45) is 5.10 Å². The molecule has 0 aromatic heterocycles. The van der Waals surface area contributed by atoms with Crippen LogP contribution in [0.5, 0.6) is 11.5 Å². The summed E-state index contributed by atoms with van der Waals surface area (Å²) in [5.41, 5.74) is 3.90. The lowest BCUT2D eigenvalue weighted by Crippen LogP contribution is -2.25. The van der Waals surface area contributed by atoms with Gasteiger partial charge in [0.25, 0.3) is 5.24 Å². The number of thioether (sulfide) groups is 1. The number of benzene rings is 1. The molecule has 6 nitrogen and oxygen atoms in total. The van der Waals surface area contributed by atoms with E-state index >= 15 is 0 Å². The monoisotopic (exact) mass is 265 g/mol. The van der Waals surface area contributed by atoms with Gasteiger partial charge >= 0.3 is 0 Å². The van der Waals surface area contributed by atoms with E-state index in [2.05, 4.69) is 15.8 Å². The lowest BCUT2D eigenvalue weighted by Gasteiger charge is -2.16. The van der Waals surface area contributed by atoms with E-state index in [0.717, 1.165) is 5.56 Å². The van der Waals surface area contributed by atoms with Gasteiger partial charge in [-0.25, -0.2) is 0 Å². The van der Waals surface area contributed by atoms with Gasteiger partial charge in [-0.15, -0.1) is 0 Å². The summed E-state index contributed by atoms with van der Waals surface area (Å²) in [5.74, 6) is 1.15. The van der Waals surface area contributed by atoms with Crippen molar-refractivity contribution in [1.29, 1.82) is 0 Å². The Morgan fingerprint density at radius 2 is 2.33 bits per heavy atom. The quantitative estimate of drug-likeness (QED) is 0.748. The molecule has 0 bridgehead atoms. The van der Waals surface area contributed by atoms with Crippen molar-refractivity contribution in [2.75, 3.05) is 7.11 Å². The third-order valence-corrected chi connectivity index (χ3v) is 3.99. The van der Waals surface area contributed by atoms with Crippen LogP contribution in [0.4, 0.5) is 4.79 Å². The zero-order valence-corrected chi connectivity index (χ0v) is 10.3. The normalized spacial score (nSPS) is 25.2. The summed E-state index contributed by atoms with van der Waals surface area (Å²) in [4.78, 5) is 11.3. The zero-order valence-electron chi connectivity index (χ0n) is 9.51. The highest BCUT2D eigenvalue weighted by atomic mass is 32.2. The summed E-state index contributed by atoms with van der Waals surface area (Å²) in [6.07, 6.45) is 0. The molecular formula is C11H11N3O3S. The molecule has 0 radical (unpaired) electrons. The van der Waals surface area contributed by atoms with Gasteiger partial charge in [-0.05, 0) is 17.7 Å². The number of nitrogens with one attached hydrogen (secondary N) is 2. The van der Waals surface area contributed by atoms with Crippen LogP contribution in [0.1, 0.15) is 11.6 Å². The second kappa shape index (κ2) is 4.09. The highest BCUT2D eigenvalue weighted by molar-refractivity contribution is 8.15. The van der Waals surface area contributed by atoms with Gasteiger partial charge in [0.2, 0.25) is 0 Å². The molecule has 3 N–H and O–H groups in total. The molecular weight excluding hydrogens is 254 g/mol. The Bertz CT molecular complexity index is 546. The second-order valence-corrected chi connectivity index (χ2v) is 5.10. The van der Waals surface area contributed by atoms with Crippen molar-refractivity contribution in [3.8, 4) is 11.5 Å². The average Bonchev–Trinajstić information content (AvgIpc) is 2.89. The molecule has 1 amide bonds. The number of nitrogens with zero attached hydrogens (tertiary/aromatic N) is 1. The Morgan fingerprint density at radius 1 is 1.50 bits per heavy atom. The molecule has 1 aromatic rings. The largest absolute Gasteiger partial charge is 0.504 e. The lowest BCUT2D eigenvalue weighted by molar-refractivity contribution is 0.265. The minimum Gasteiger partial charge on any atom is -0.504 e. The number of carbonyl (C=O) groups is 1. The van der Waals surface area contributed by atoms with Gasteiger partial charge in [0.1, 0.15) is 5.84 Å². The molecule has 1 saturated heterocycles. The smallest absolute Gasteiger partial charge is 0.285 e. The number of fused-ring (bicyclic) bond motifs is 1. The fraction of sp³-hybridized carbons (Fsp3) is 0.273. The molecule has 2 aliphatic rings. The number of aromatic hydroxyl groups is 1. The number of hydrogen-bond acceptors (Lipinski definition) is 6.